The number of hydrogen-bond donors (Lipinski definition) is 0. The van der Waals surface area contributed by atoms with E-state index < -0.39 is 0 Å². The molecule has 0 radical (unpaired) electrons. The van der Waals surface area contributed by atoms with E-state index in [0.717, 1.165) is 24.6 Å². The summed E-state index contributed by atoms with van der Waals surface area (Å²) in [6, 6.07) is 18.0. The van der Waals surface area contributed by atoms with E-state index in [1.54, 1.807) is 7.11 Å². The molecule has 0 aliphatic carbocycles. The summed E-state index contributed by atoms with van der Waals surface area (Å²) in [5.74, 6) is 2.04. The molecule has 4 heteroatoms. The first-order chi connectivity index (χ1) is 10.7. The average molecular weight is 320 g/mol. The molecule has 2 aromatic carbocycles. The number of halogens is 1. The minimum Gasteiger partial charge on any atom is -0.493 e. The first-order valence-electron chi connectivity index (χ1n) is 7.38. The van der Waals surface area contributed by atoms with Gasteiger partial charge in [0.15, 0.2) is 11.5 Å². The van der Waals surface area contributed by atoms with E-state index in [9.17, 15) is 0 Å². The molecular weight excluding hydrogens is 298 g/mol. The summed E-state index contributed by atoms with van der Waals surface area (Å²) in [6.07, 6.45) is -0.102. The van der Waals surface area contributed by atoms with Crippen LogP contribution in [0, 0.1) is 0 Å². The maximum absolute atomic E-state index is 6.07. The summed E-state index contributed by atoms with van der Waals surface area (Å²) in [5, 5.41) is 0. The number of alkyl halides is 1. The standard InChI is InChI=1S/C18H22ClNO2/c1-15(22-18-11-7-6-10-17(18)21-2)20(13-12-19)14-16-8-4-3-5-9-16/h3-11,15H,12-14H2,1-2H3. The Morgan fingerprint density at radius 3 is 2.27 bits per heavy atom. The summed E-state index contributed by atoms with van der Waals surface area (Å²) < 4.78 is 11.4. The Labute approximate surface area is 137 Å². The zero-order chi connectivity index (χ0) is 15.8. The van der Waals surface area contributed by atoms with Crippen LogP contribution in [0.4, 0.5) is 0 Å². The monoisotopic (exact) mass is 319 g/mol. The fraction of sp³-hybridized carbons (Fsp3) is 0.333. The molecule has 0 amide bonds. The van der Waals surface area contributed by atoms with Crippen molar-refractivity contribution in [3.63, 3.8) is 0 Å². The van der Waals surface area contributed by atoms with E-state index in [-0.39, 0.29) is 6.23 Å². The maximum atomic E-state index is 6.07. The van der Waals surface area contributed by atoms with Crippen LogP contribution in [0.15, 0.2) is 54.6 Å². The Bertz CT molecular complexity index is 562. The van der Waals surface area contributed by atoms with Crippen LogP contribution in [0.5, 0.6) is 11.5 Å². The highest BCUT2D eigenvalue weighted by molar-refractivity contribution is 6.18. The molecule has 0 aliphatic rings. The molecule has 0 saturated carbocycles. The molecule has 0 bridgehead atoms. The Morgan fingerprint density at radius 1 is 1.00 bits per heavy atom. The van der Waals surface area contributed by atoms with Crippen molar-refractivity contribution in [1.29, 1.82) is 0 Å². The third kappa shape index (κ3) is 4.65. The van der Waals surface area contributed by atoms with Gasteiger partial charge in [0.1, 0.15) is 6.23 Å². The summed E-state index contributed by atoms with van der Waals surface area (Å²) in [4.78, 5) is 2.20. The second-order valence-electron chi connectivity index (χ2n) is 5.01. The summed E-state index contributed by atoms with van der Waals surface area (Å²) in [6.45, 7) is 3.58. The Kier molecular flexibility index (Phi) is 6.56. The lowest BCUT2D eigenvalue weighted by Crippen LogP contribution is -2.38. The van der Waals surface area contributed by atoms with Crippen LogP contribution in [0.3, 0.4) is 0 Å². The first kappa shape index (κ1) is 16.7. The van der Waals surface area contributed by atoms with Crippen LogP contribution < -0.4 is 9.47 Å². The number of para-hydroxylation sites is 2. The van der Waals surface area contributed by atoms with Gasteiger partial charge in [-0.15, -0.1) is 11.6 Å². The van der Waals surface area contributed by atoms with E-state index in [0.29, 0.717) is 5.88 Å². The molecule has 1 unspecified atom stereocenters. The van der Waals surface area contributed by atoms with Crippen LogP contribution in [-0.4, -0.2) is 30.7 Å². The van der Waals surface area contributed by atoms with Gasteiger partial charge < -0.3 is 9.47 Å². The fourth-order valence-corrected chi connectivity index (χ4v) is 2.51. The molecular formula is C18H22ClNO2. The third-order valence-corrected chi connectivity index (χ3v) is 3.65. The van der Waals surface area contributed by atoms with Gasteiger partial charge in [-0.25, -0.2) is 0 Å². The fourth-order valence-electron chi connectivity index (χ4n) is 2.29. The molecule has 22 heavy (non-hydrogen) atoms. The van der Waals surface area contributed by atoms with E-state index in [4.69, 9.17) is 21.1 Å². The molecule has 0 spiro atoms. The van der Waals surface area contributed by atoms with Gasteiger partial charge in [-0.1, -0.05) is 42.5 Å². The number of benzene rings is 2. The summed E-state index contributed by atoms with van der Waals surface area (Å²) in [7, 11) is 1.65. The zero-order valence-corrected chi connectivity index (χ0v) is 13.8. The Hall–Kier alpha value is -1.71. The third-order valence-electron chi connectivity index (χ3n) is 3.48. The van der Waals surface area contributed by atoms with E-state index >= 15 is 0 Å². The predicted octanol–water partition coefficient (Wildman–Crippen LogP) is 4.16. The number of rotatable bonds is 8. The lowest BCUT2D eigenvalue weighted by Gasteiger charge is -2.29. The van der Waals surface area contributed by atoms with E-state index in [2.05, 4.69) is 17.0 Å². The SMILES string of the molecule is COc1ccccc1OC(C)N(CCCl)Cc1ccccc1. The number of methoxy groups -OCH3 is 1. The highest BCUT2D eigenvalue weighted by Crippen LogP contribution is 2.27. The van der Waals surface area contributed by atoms with Crippen molar-refractivity contribution < 1.29 is 9.47 Å². The number of nitrogens with zero attached hydrogens (tertiary/aromatic N) is 1. The van der Waals surface area contributed by atoms with Gasteiger partial charge in [-0.2, -0.15) is 0 Å². The van der Waals surface area contributed by atoms with E-state index in [1.807, 2.05) is 49.4 Å². The number of hydrogen-bond acceptors (Lipinski definition) is 3. The predicted molar refractivity (Wildman–Crippen MR) is 90.7 cm³/mol. The molecule has 118 valence electrons. The van der Waals surface area contributed by atoms with Crippen molar-refractivity contribution in [3.8, 4) is 11.5 Å². The van der Waals surface area contributed by atoms with Gasteiger partial charge in [-0.05, 0) is 24.6 Å². The largest absolute Gasteiger partial charge is 0.493 e. The normalized spacial score (nSPS) is 12.2. The smallest absolute Gasteiger partial charge is 0.163 e. The molecule has 3 nitrogen and oxygen atoms in total. The van der Waals surface area contributed by atoms with Gasteiger partial charge in [0, 0.05) is 19.0 Å². The molecule has 0 saturated heterocycles. The van der Waals surface area contributed by atoms with Crippen LogP contribution in [0.25, 0.3) is 0 Å². The van der Waals surface area contributed by atoms with Crippen LogP contribution in [-0.2, 0) is 6.54 Å². The molecule has 1 atom stereocenters. The molecule has 0 aromatic heterocycles. The molecule has 0 fully saturated rings. The van der Waals surface area contributed by atoms with Gasteiger partial charge in [0.05, 0.1) is 7.11 Å². The maximum Gasteiger partial charge on any atom is 0.163 e. The quantitative estimate of drug-likeness (QED) is 0.538. The van der Waals surface area contributed by atoms with Gasteiger partial charge in [0.25, 0.3) is 0 Å². The molecule has 2 rings (SSSR count). The van der Waals surface area contributed by atoms with Crippen LogP contribution >= 0.6 is 11.6 Å². The molecule has 0 N–H and O–H groups in total. The zero-order valence-electron chi connectivity index (χ0n) is 13.0. The van der Waals surface area contributed by atoms with Gasteiger partial charge in [-0.3, -0.25) is 4.90 Å². The van der Waals surface area contributed by atoms with Gasteiger partial charge >= 0.3 is 0 Å². The van der Waals surface area contributed by atoms with Crippen LogP contribution in [0.2, 0.25) is 0 Å². The van der Waals surface area contributed by atoms with Gasteiger partial charge in [0.2, 0.25) is 0 Å². The average Bonchev–Trinajstić information content (AvgIpc) is 2.56. The summed E-state index contributed by atoms with van der Waals surface area (Å²) >= 11 is 5.95. The topological polar surface area (TPSA) is 21.7 Å². The van der Waals surface area contributed by atoms with E-state index in [1.165, 1.54) is 5.56 Å². The van der Waals surface area contributed by atoms with Crippen LogP contribution in [0.1, 0.15) is 12.5 Å². The lowest BCUT2D eigenvalue weighted by atomic mass is 10.2. The van der Waals surface area contributed by atoms with Crippen molar-refractivity contribution in [2.45, 2.75) is 19.7 Å². The Morgan fingerprint density at radius 2 is 1.64 bits per heavy atom. The van der Waals surface area contributed by atoms with Crippen molar-refractivity contribution >= 4 is 11.6 Å². The highest BCUT2D eigenvalue weighted by Gasteiger charge is 2.17. The van der Waals surface area contributed by atoms with Crippen molar-refractivity contribution in [1.82, 2.24) is 4.90 Å². The molecule has 0 aliphatic heterocycles. The summed E-state index contributed by atoms with van der Waals surface area (Å²) in [5.41, 5.74) is 1.24. The number of ether oxygens (including phenoxy) is 2. The second-order valence-corrected chi connectivity index (χ2v) is 5.39. The van der Waals surface area contributed by atoms with Crippen molar-refractivity contribution in [2.75, 3.05) is 19.5 Å². The lowest BCUT2D eigenvalue weighted by molar-refractivity contribution is 0.0362. The van der Waals surface area contributed by atoms with Crippen molar-refractivity contribution in [3.05, 3.63) is 60.2 Å². The highest BCUT2D eigenvalue weighted by atomic mass is 35.5. The minimum atomic E-state index is -0.102. The first-order valence-corrected chi connectivity index (χ1v) is 7.91. The molecule has 0 heterocycles. The minimum absolute atomic E-state index is 0.102. The molecule has 2 aromatic rings. The Balaban J connectivity index is 2.07. The second kappa shape index (κ2) is 8.66. The van der Waals surface area contributed by atoms with Crippen molar-refractivity contribution in [2.24, 2.45) is 0 Å².